The normalized spacial score (nSPS) is 18.8. The van der Waals surface area contributed by atoms with Crippen LogP contribution in [-0.4, -0.2) is 53.3 Å². The molecule has 1 N–H and O–H groups in total. The summed E-state index contributed by atoms with van der Waals surface area (Å²) in [5, 5.41) is 14.1. The minimum absolute atomic E-state index is 0.0895. The van der Waals surface area contributed by atoms with Crippen LogP contribution in [0.3, 0.4) is 0 Å². The molecule has 1 aromatic heterocycles. The van der Waals surface area contributed by atoms with Gasteiger partial charge in [0.05, 0.1) is 41.7 Å². The van der Waals surface area contributed by atoms with Crippen molar-refractivity contribution in [2.24, 2.45) is 5.92 Å². The molecule has 0 aliphatic carbocycles. The molecule has 0 bridgehead atoms. The number of rotatable bonds is 7. The molecule has 0 saturated carbocycles. The molecule has 4 rings (SSSR count). The summed E-state index contributed by atoms with van der Waals surface area (Å²) in [7, 11) is -3.80. The number of carbonyl (C=O) groups is 1. The standard InChI is InChI=1S/C23H23FN4O5S/c1-4-33-15-5-7-16(8-6-15)34(31,32)27-12-14(2)22(13-27)28-21-10-18(24)20(25-3)9-17(21)19(26-28)11-23(29)30/h5-10,14,22H,4,11-13H2,1-2H3,(H,29,30)/t14-,22+/m1/s1. The minimum atomic E-state index is -3.80. The van der Waals surface area contributed by atoms with E-state index in [4.69, 9.17) is 11.3 Å². The van der Waals surface area contributed by atoms with Gasteiger partial charge in [-0.2, -0.15) is 9.40 Å². The zero-order valence-corrected chi connectivity index (χ0v) is 19.4. The highest BCUT2D eigenvalue weighted by molar-refractivity contribution is 7.89. The molecule has 2 aromatic carbocycles. The number of benzene rings is 2. The second-order valence-electron chi connectivity index (χ2n) is 8.17. The van der Waals surface area contributed by atoms with Crippen molar-refractivity contribution < 1.29 is 27.4 Å². The largest absolute Gasteiger partial charge is 0.494 e. The number of hydrogen-bond donors (Lipinski definition) is 1. The van der Waals surface area contributed by atoms with E-state index < -0.39 is 34.3 Å². The summed E-state index contributed by atoms with van der Waals surface area (Å²) in [4.78, 5) is 14.6. The van der Waals surface area contributed by atoms with Crippen molar-refractivity contribution >= 4 is 32.6 Å². The Morgan fingerprint density at radius 1 is 1.29 bits per heavy atom. The maximum absolute atomic E-state index is 14.4. The first-order chi connectivity index (χ1) is 16.1. The summed E-state index contributed by atoms with van der Waals surface area (Å²) in [5.41, 5.74) is 0.309. The smallest absolute Gasteiger partial charge is 0.309 e. The van der Waals surface area contributed by atoms with E-state index in [0.717, 1.165) is 6.07 Å². The van der Waals surface area contributed by atoms with E-state index in [-0.39, 0.29) is 35.3 Å². The third-order valence-corrected chi connectivity index (χ3v) is 7.76. The van der Waals surface area contributed by atoms with Gasteiger partial charge < -0.3 is 9.84 Å². The maximum atomic E-state index is 14.4. The molecule has 0 amide bonds. The van der Waals surface area contributed by atoms with Crippen molar-refractivity contribution in [1.29, 1.82) is 0 Å². The molecule has 1 aliphatic heterocycles. The Balaban J connectivity index is 1.70. The minimum Gasteiger partial charge on any atom is -0.494 e. The van der Waals surface area contributed by atoms with E-state index in [9.17, 15) is 22.7 Å². The van der Waals surface area contributed by atoms with Crippen molar-refractivity contribution in [1.82, 2.24) is 14.1 Å². The lowest BCUT2D eigenvalue weighted by Crippen LogP contribution is -2.29. The van der Waals surface area contributed by atoms with Crippen LogP contribution in [0.1, 0.15) is 25.6 Å². The van der Waals surface area contributed by atoms with Crippen molar-refractivity contribution in [3.8, 4) is 5.75 Å². The van der Waals surface area contributed by atoms with Crippen LogP contribution in [0, 0.1) is 18.3 Å². The van der Waals surface area contributed by atoms with Crippen LogP contribution in [-0.2, 0) is 21.2 Å². The number of sulfonamides is 1. The van der Waals surface area contributed by atoms with Crippen LogP contribution in [0.15, 0.2) is 41.3 Å². The average molecular weight is 487 g/mol. The summed E-state index contributed by atoms with van der Waals surface area (Å²) in [6, 6.07) is 8.21. The van der Waals surface area contributed by atoms with Crippen molar-refractivity contribution in [2.45, 2.75) is 31.2 Å². The second kappa shape index (κ2) is 9.04. The number of ether oxygens (including phenoxy) is 1. The number of carboxylic acids is 1. The Morgan fingerprint density at radius 3 is 2.62 bits per heavy atom. The first-order valence-electron chi connectivity index (χ1n) is 10.7. The van der Waals surface area contributed by atoms with E-state index in [1.54, 1.807) is 12.1 Å². The summed E-state index contributed by atoms with van der Waals surface area (Å²) >= 11 is 0. The summed E-state index contributed by atoms with van der Waals surface area (Å²) in [5.74, 6) is -1.46. The Bertz CT molecular complexity index is 1400. The van der Waals surface area contributed by atoms with Crippen molar-refractivity contribution in [3.05, 3.63) is 59.3 Å². The second-order valence-corrected chi connectivity index (χ2v) is 10.1. The zero-order valence-electron chi connectivity index (χ0n) is 18.6. The van der Waals surface area contributed by atoms with Crippen molar-refractivity contribution in [3.63, 3.8) is 0 Å². The Labute approximate surface area is 196 Å². The maximum Gasteiger partial charge on any atom is 0.309 e. The fourth-order valence-corrected chi connectivity index (χ4v) is 5.82. The van der Waals surface area contributed by atoms with Crippen LogP contribution in [0.5, 0.6) is 5.75 Å². The van der Waals surface area contributed by atoms with Crippen LogP contribution in [0.2, 0.25) is 0 Å². The number of aliphatic carboxylic acids is 1. The first-order valence-corrected chi connectivity index (χ1v) is 12.1. The highest BCUT2D eigenvalue weighted by atomic mass is 32.2. The molecule has 9 nitrogen and oxygen atoms in total. The predicted molar refractivity (Wildman–Crippen MR) is 122 cm³/mol. The van der Waals surface area contributed by atoms with Gasteiger partial charge in [-0.1, -0.05) is 6.92 Å². The van der Waals surface area contributed by atoms with Gasteiger partial charge in [-0.25, -0.2) is 17.7 Å². The number of fused-ring (bicyclic) bond motifs is 1. The summed E-state index contributed by atoms with van der Waals surface area (Å²) in [6.45, 7) is 11.6. The molecule has 34 heavy (non-hydrogen) atoms. The highest BCUT2D eigenvalue weighted by Gasteiger charge is 2.39. The zero-order chi connectivity index (χ0) is 24.6. The number of hydrogen-bond acceptors (Lipinski definition) is 5. The SMILES string of the molecule is [C-]#[N+]c1cc2c(CC(=O)O)nn([C@H]3CN(S(=O)(=O)c4ccc(OCC)cc4)C[C@H]3C)c2cc1F. The van der Waals surface area contributed by atoms with E-state index in [2.05, 4.69) is 9.94 Å². The average Bonchev–Trinajstić information content (AvgIpc) is 3.34. The van der Waals surface area contributed by atoms with E-state index in [0.29, 0.717) is 23.3 Å². The van der Waals surface area contributed by atoms with Crippen LogP contribution in [0.4, 0.5) is 10.1 Å². The molecule has 0 spiro atoms. The van der Waals surface area contributed by atoms with E-state index in [1.165, 1.54) is 27.2 Å². The molecule has 1 aliphatic rings. The molecule has 178 valence electrons. The molecule has 11 heteroatoms. The molecule has 1 saturated heterocycles. The quantitative estimate of drug-likeness (QED) is 0.511. The van der Waals surface area contributed by atoms with E-state index >= 15 is 0 Å². The lowest BCUT2D eigenvalue weighted by molar-refractivity contribution is -0.136. The molecule has 1 fully saturated rings. The van der Waals surface area contributed by atoms with Crippen LogP contribution >= 0.6 is 0 Å². The predicted octanol–water partition coefficient (Wildman–Crippen LogP) is 3.63. The monoisotopic (exact) mass is 486 g/mol. The van der Waals surface area contributed by atoms with Crippen LogP contribution in [0.25, 0.3) is 15.7 Å². The van der Waals surface area contributed by atoms with Gasteiger partial charge in [-0.05, 0) is 49.2 Å². The van der Waals surface area contributed by atoms with Gasteiger partial charge in [-0.3, -0.25) is 9.48 Å². The fraction of sp³-hybridized carbons (Fsp3) is 0.348. The van der Waals surface area contributed by atoms with Gasteiger partial charge in [0.2, 0.25) is 15.7 Å². The highest BCUT2D eigenvalue weighted by Crippen LogP contribution is 2.36. The molecule has 0 unspecified atom stereocenters. The number of nitrogens with zero attached hydrogens (tertiary/aromatic N) is 4. The third kappa shape index (κ3) is 4.22. The molecule has 2 atom stereocenters. The van der Waals surface area contributed by atoms with Gasteiger partial charge in [0.15, 0.2) is 0 Å². The van der Waals surface area contributed by atoms with Gasteiger partial charge >= 0.3 is 5.97 Å². The molecule has 2 heterocycles. The lowest BCUT2D eigenvalue weighted by Gasteiger charge is -2.18. The number of carboxylic acid groups (broad SMARTS) is 1. The summed E-state index contributed by atoms with van der Waals surface area (Å²) < 4.78 is 49.2. The van der Waals surface area contributed by atoms with Gasteiger partial charge in [0, 0.05) is 18.5 Å². The summed E-state index contributed by atoms with van der Waals surface area (Å²) in [6.07, 6.45) is -0.401. The number of halogens is 1. The Hall–Kier alpha value is -3.49. The lowest BCUT2D eigenvalue weighted by atomic mass is 10.1. The molecule has 0 radical (unpaired) electrons. The molecule has 3 aromatic rings. The Morgan fingerprint density at radius 2 is 2.00 bits per heavy atom. The molecular weight excluding hydrogens is 463 g/mol. The topological polar surface area (TPSA) is 106 Å². The van der Waals surface area contributed by atoms with Crippen molar-refractivity contribution in [2.75, 3.05) is 19.7 Å². The van der Waals surface area contributed by atoms with Gasteiger partial charge in [0.1, 0.15) is 11.6 Å². The number of aromatic nitrogens is 2. The van der Waals surface area contributed by atoms with Gasteiger partial charge in [-0.15, -0.1) is 0 Å². The fourth-order valence-electron chi connectivity index (χ4n) is 4.27. The third-order valence-electron chi connectivity index (χ3n) is 5.92. The van der Waals surface area contributed by atoms with Crippen LogP contribution < -0.4 is 4.74 Å². The Kier molecular flexibility index (Phi) is 6.29. The van der Waals surface area contributed by atoms with Gasteiger partial charge in [0.25, 0.3) is 0 Å². The van der Waals surface area contributed by atoms with E-state index in [1.807, 2.05) is 13.8 Å². The first kappa shape index (κ1) is 23.7. The molecular formula is C23H23FN4O5S.